The van der Waals surface area contributed by atoms with E-state index >= 15 is 0 Å². The third-order valence-corrected chi connectivity index (χ3v) is 7.40. The van der Waals surface area contributed by atoms with Crippen molar-refractivity contribution in [1.29, 1.82) is 5.26 Å². The van der Waals surface area contributed by atoms with Gasteiger partial charge in [-0.05, 0) is 74.2 Å². The molecule has 1 saturated heterocycles. The number of fused-ring (bicyclic) bond motifs is 2. The van der Waals surface area contributed by atoms with Crippen molar-refractivity contribution in [2.75, 3.05) is 30.0 Å². The van der Waals surface area contributed by atoms with Crippen LogP contribution in [0.2, 0.25) is 0 Å². The van der Waals surface area contributed by atoms with Crippen LogP contribution >= 0.6 is 0 Å². The lowest BCUT2D eigenvalue weighted by atomic mass is 9.88. The van der Waals surface area contributed by atoms with Crippen molar-refractivity contribution in [2.45, 2.75) is 37.5 Å². The van der Waals surface area contributed by atoms with Crippen molar-refractivity contribution >= 4 is 23.2 Å². The van der Waals surface area contributed by atoms with E-state index < -0.39 is 0 Å². The molecule has 0 N–H and O–H groups in total. The molecule has 3 aromatic rings. The molecule has 176 valence electrons. The number of methoxy groups -OCH3 is 1. The summed E-state index contributed by atoms with van der Waals surface area (Å²) in [5, 5.41) is 14.4. The van der Waals surface area contributed by atoms with Crippen LogP contribution in [-0.2, 0) is 10.2 Å². The largest absolute Gasteiger partial charge is 0.497 e. The van der Waals surface area contributed by atoms with E-state index in [2.05, 4.69) is 11.2 Å². The molecule has 0 radical (unpaired) electrons. The van der Waals surface area contributed by atoms with E-state index in [1.165, 1.54) is 0 Å². The van der Waals surface area contributed by atoms with Crippen LogP contribution in [-0.4, -0.2) is 41.8 Å². The molecule has 2 fully saturated rings. The summed E-state index contributed by atoms with van der Waals surface area (Å²) >= 11 is 0. The van der Waals surface area contributed by atoms with E-state index in [-0.39, 0.29) is 17.2 Å². The van der Waals surface area contributed by atoms with Crippen molar-refractivity contribution in [1.82, 2.24) is 9.78 Å². The summed E-state index contributed by atoms with van der Waals surface area (Å²) in [4.78, 5) is 29.8. The zero-order chi connectivity index (χ0) is 24.2. The Morgan fingerprint density at radius 1 is 0.943 bits per heavy atom. The lowest BCUT2D eigenvalue weighted by molar-refractivity contribution is -0.119. The average Bonchev–Trinajstić information content (AvgIpc) is 3.55. The summed E-state index contributed by atoms with van der Waals surface area (Å²) in [5.41, 5.74) is 3.63. The maximum absolute atomic E-state index is 13.9. The van der Waals surface area contributed by atoms with Gasteiger partial charge in [0.1, 0.15) is 17.5 Å². The van der Waals surface area contributed by atoms with Gasteiger partial charge in [0.25, 0.3) is 5.91 Å². The molecule has 0 atom stereocenters. The van der Waals surface area contributed by atoms with Gasteiger partial charge in [-0.3, -0.25) is 9.59 Å². The number of hydrogen-bond donors (Lipinski definition) is 0. The highest BCUT2D eigenvalue weighted by atomic mass is 16.5. The molecular weight excluding hydrogens is 442 g/mol. The number of anilines is 2. The number of carbonyl (C=O) groups is 2. The van der Waals surface area contributed by atoms with Crippen LogP contribution < -0.4 is 14.5 Å². The molecule has 1 aliphatic carbocycles. The molecule has 8 heteroatoms. The molecule has 1 spiro atoms. The highest BCUT2D eigenvalue weighted by molar-refractivity contribution is 6.09. The van der Waals surface area contributed by atoms with Crippen LogP contribution in [0.3, 0.4) is 0 Å². The SMILES string of the molecule is COc1ccc(-n2nc(C#N)c3c2C(=O)N(c2ccc(N4CCCCC4=O)cc2)CC32CC2)cc1. The first-order valence-electron chi connectivity index (χ1n) is 11.9. The topological polar surface area (TPSA) is 91.5 Å². The third kappa shape index (κ3) is 3.38. The number of ether oxygens (including phenoxy) is 1. The summed E-state index contributed by atoms with van der Waals surface area (Å²) in [5.74, 6) is 0.672. The van der Waals surface area contributed by atoms with Gasteiger partial charge in [-0.15, -0.1) is 0 Å². The number of carbonyl (C=O) groups excluding carboxylic acids is 2. The Balaban J connectivity index is 1.40. The monoisotopic (exact) mass is 467 g/mol. The van der Waals surface area contributed by atoms with Crippen LogP contribution in [0.15, 0.2) is 48.5 Å². The molecule has 35 heavy (non-hydrogen) atoms. The van der Waals surface area contributed by atoms with Crippen molar-refractivity contribution in [3.8, 4) is 17.5 Å². The summed E-state index contributed by atoms with van der Waals surface area (Å²) < 4.78 is 6.86. The molecule has 2 aromatic carbocycles. The van der Waals surface area contributed by atoms with Gasteiger partial charge in [-0.1, -0.05) is 0 Å². The highest BCUT2D eigenvalue weighted by Gasteiger charge is 2.55. The molecule has 2 aliphatic heterocycles. The van der Waals surface area contributed by atoms with Gasteiger partial charge in [-0.2, -0.15) is 10.4 Å². The number of nitriles is 1. The first-order chi connectivity index (χ1) is 17.0. The van der Waals surface area contributed by atoms with E-state index in [1.807, 2.05) is 53.4 Å². The lowest BCUT2D eigenvalue weighted by Crippen LogP contribution is -2.44. The number of benzene rings is 2. The van der Waals surface area contributed by atoms with Gasteiger partial charge in [0.15, 0.2) is 5.69 Å². The summed E-state index contributed by atoms with van der Waals surface area (Å²) in [6, 6.07) is 17.2. The Hall–Kier alpha value is -4.12. The van der Waals surface area contributed by atoms with Gasteiger partial charge >= 0.3 is 0 Å². The lowest BCUT2D eigenvalue weighted by Gasteiger charge is -2.34. The number of amides is 2. The van der Waals surface area contributed by atoms with Gasteiger partial charge < -0.3 is 14.5 Å². The standard InChI is InChI=1S/C27H25N5O3/c1-35-21-11-9-20(10-12-21)32-25-24(22(16-28)29-32)27(13-14-27)17-31(26(25)34)19-7-5-18(6-8-19)30-15-3-2-4-23(30)33/h5-12H,2-4,13-15,17H2,1H3. The van der Waals surface area contributed by atoms with Crippen molar-refractivity contribution in [3.05, 3.63) is 65.5 Å². The molecule has 2 amide bonds. The highest BCUT2D eigenvalue weighted by Crippen LogP contribution is 2.54. The fraction of sp³-hybridized carbons (Fsp3) is 0.333. The second-order valence-corrected chi connectivity index (χ2v) is 9.48. The smallest absolute Gasteiger partial charge is 0.277 e. The molecule has 3 aliphatic rings. The fourth-order valence-corrected chi connectivity index (χ4v) is 5.35. The first kappa shape index (κ1) is 21.4. The zero-order valence-electron chi connectivity index (χ0n) is 19.5. The molecule has 3 heterocycles. The quantitative estimate of drug-likeness (QED) is 0.579. The first-order valence-corrected chi connectivity index (χ1v) is 11.9. The van der Waals surface area contributed by atoms with Crippen LogP contribution in [0.5, 0.6) is 5.75 Å². The van der Waals surface area contributed by atoms with E-state index in [9.17, 15) is 14.9 Å². The summed E-state index contributed by atoms with van der Waals surface area (Å²) in [7, 11) is 1.60. The van der Waals surface area contributed by atoms with Crippen molar-refractivity contribution in [2.24, 2.45) is 0 Å². The number of hydrogen-bond acceptors (Lipinski definition) is 5. The average molecular weight is 468 g/mol. The van der Waals surface area contributed by atoms with Gasteiger partial charge in [0.2, 0.25) is 5.91 Å². The molecule has 1 aromatic heterocycles. The summed E-state index contributed by atoms with van der Waals surface area (Å²) in [6.07, 6.45) is 4.33. The van der Waals surface area contributed by atoms with Crippen LogP contribution in [0, 0.1) is 11.3 Å². The molecular formula is C27H25N5O3. The van der Waals surface area contributed by atoms with E-state index in [0.717, 1.165) is 49.2 Å². The van der Waals surface area contributed by atoms with E-state index in [0.29, 0.717) is 35.8 Å². The fourth-order valence-electron chi connectivity index (χ4n) is 5.35. The van der Waals surface area contributed by atoms with Crippen molar-refractivity contribution in [3.63, 3.8) is 0 Å². The number of nitrogens with zero attached hydrogens (tertiary/aromatic N) is 5. The molecule has 0 unspecified atom stereocenters. The van der Waals surface area contributed by atoms with E-state index in [1.54, 1.807) is 16.7 Å². The van der Waals surface area contributed by atoms with Crippen LogP contribution in [0.25, 0.3) is 5.69 Å². The second-order valence-electron chi connectivity index (χ2n) is 9.48. The molecule has 1 saturated carbocycles. The predicted molar refractivity (Wildman–Crippen MR) is 130 cm³/mol. The van der Waals surface area contributed by atoms with Gasteiger partial charge in [0.05, 0.1) is 12.8 Å². The zero-order valence-corrected chi connectivity index (χ0v) is 19.5. The summed E-state index contributed by atoms with van der Waals surface area (Å²) in [6.45, 7) is 1.25. The number of piperidine rings is 1. The maximum atomic E-state index is 13.9. The van der Waals surface area contributed by atoms with Crippen LogP contribution in [0.4, 0.5) is 11.4 Å². The third-order valence-electron chi connectivity index (χ3n) is 7.40. The Morgan fingerprint density at radius 2 is 1.60 bits per heavy atom. The maximum Gasteiger partial charge on any atom is 0.277 e. The minimum atomic E-state index is -0.249. The second kappa shape index (κ2) is 7.98. The molecule has 6 rings (SSSR count). The Bertz CT molecular complexity index is 1360. The van der Waals surface area contributed by atoms with Crippen LogP contribution in [0.1, 0.15) is 53.8 Å². The Labute approximate surface area is 203 Å². The van der Waals surface area contributed by atoms with Crippen molar-refractivity contribution < 1.29 is 14.3 Å². The van der Waals surface area contributed by atoms with Gasteiger partial charge in [0, 0.05) is 41.9 Å². The Kier molecular flexibility index (Phi) is 4.88. The Morgan fingerprint density at radius 3 is 2.20 bits per heavy atom. The van der Waals surface area contributed by atoms with Gasteiger partial charge in [-0.25, -0.2) is 4.68 Å². The molecule has 0 bridgehead atoms. The normalized spacial score (nSPS) is 18.4. The minimum absolute atomic E-state index is 0.145. The number of aromatic nitrogens is 2. The predicted octanol–water partition coefficient (Wildman–Crippen LogP) is 3.96. The minimum Gasteiger partial charge on any atom is -0.497 e. The van der Waals surface area contributed by atoms with E-state index in [4.69, 9.17) is 4.74 Å². The number of rotatable bonds is 4. The molecule has 8 nitrogen and oxygen atoms in total.